The fraction of sp³-hybridized carbons (Fsp3) is 0.538. The van der Waals surface area contributed by atoms with Gasteiger partial charge in [-0.05, 0) is 30.9 Å². The van der Waals surface area contributed by atoms with Gasteiger partial charge in [-0.25, -0.2) is 8.42 Å². The third-order valence-corrected chi connectivity index (χ3v) is 6.62. The molecule has 1 aliphatic heterocycles. The molecule has 7 heteroatoms. The predicted molar refractivity (Wildman–Crippen MR) is 81.6 cm³/mol. The van der Waals surface area contributed by atoms with Crippen molar-refractivity contribution in [1.82, 2.24) is 4.31 Å². The average Bonchev–Trinajstić information content (AvgIpc) is 2.41. The number of nitrogens with two attached hydrogens (primary N) is 1. The molecule has 4 nitrogen and oxygen atoms in total. The first-order chi connectivity index (χ1) is 9.37. The summed E-state index contributed by atoms with van der Waals surface area (Å²) in [6, 6.07) is 4.46. The summed E-state index contributed by atoms with van der Waals surface area (Å²) in [5.41, 5.74) is 5.73. The zero-order valence-electron chi connectivity index (χ0n) is 11.2. The SMILES string of the molecule is CC1CCN(S(=O)(=O)c2cccc(Cl)c2Cl)C(CN)C1. The van der Waals surface area contributed by atoms with Crippen LogP contribution >= 0.6 is 23.2 Å². The highest BCUT2D eigenvalue weighted by molar-refractivity contribution is 7.89. The lowest BCUT2D eigenvalue weighted by Crippen LogP contribution is -2.49. The maximum Gasteiger partial charge on any atom is 0.244 e. The van der Waals surface area contributed by atoms with Gasteiger partial charge in [-0.15, -0.1) is 0 Å². The van der Waals surface area contributed by atoms with E-state index in [9.17, 15) is 8.42 Å². The number of hydrogen-bond donors (Lipinski definition) is 1. The fourth-order valence-electron chi connectivity index (χ4n) is 2.57. The molecule has 112 valence electrons. The van der Waals surface area contributed by atoms with Crippen LogP contribution < -0.4 is 5.73 Å². The number of sulfonamides is 1. The van der Waals surface area contributed by atoms with E-state index >= 15 is 0 Å². The highest BCUT2D eigenvalue weighted by atomic mass is 35.5. The van der Waals surface area contributed by atoms with Crippen LogP contribution in [0.15, 0.2) is 23.1 Å². The van der Waals surface area contributed by atoms with Gasteiger partial charge < -0.3 is 5.73 Å². The van der Waals surface area contributed by atoms with Crippen molar-refractivity contribution in [2.45, 2.75) is 30.7 Å². The molecule has 0 saturated carbocycles. The van der Waals surface area contributed by atoms with E-state index in [-0.39, 0.29) is 21.0 Å². The normalized spacial score (nSPS) is 24.8. The van der Waals surface area contributed by atoms with E-state index in [1.807, 2.05) is 0 Å². The summed E-state index contributed by atoms with van der Waals surface area (Å²) in [5.74, 6) is 0.477. The molecule has 2 rings (SSSR count). The van der Waals surface area contributed by atoms with Crippen LogP contribution in [0.3, 0.4) is 0 Å². The van der Waals surface area contributed by atoms with Gasteiger partial charge in [-0.1, -0.05) is 36.2 Å². The van der Waals surface area contributed by atoms with Gasteiger partial charge in [0.1, 0.15) is 4.90 Å². The Kier molecular flexibility index (Phi) is 4.97. The van der Waals surface area contributed by atoms with E-state index < -0.39 is 10.0 Å². The Morgan fingerprint density at radius 3 is 2.75 bits per heavy atom. The van der Waals surface area contributed by atoms with Crippen LogP contribution in [0.1, 0.15) is 19.8 Å². The minimum absolute atomic E-state index is 0.0552. The third kappa shape index (κ3) is 2.97. The summed E-state index contributed by atoms with van der Waals surface area (Å²) in [5, 5.41) is 0.311. The first kappa shape index (κ1) is 16.0. The monoisotopic (exact) mass is 336 g/mol. The molecule has 20 heavy (non-hydrogen) atoms. The van der Waals surface area contributed by atoms with Crippen LogP contribution in [0.5, 0.6) is 0 Å². The van der Waals surface area contributed by atoms with E-state index in [0.29, 0.717) is 19.0 Å². The molecule has 1 saturated heterocycles. The van der Waals surface area contributed by atoms with E-state index in [1.54, 1.807) is 12.1 Å². The maximum absolute atomic E-state index is 12.8. The predicted octanol–water partition coefficient (Wildman–Crippen LogP) is 2.74. The zero-order chi connectivity index (χ0) is 14.9. The summed E-state index contributed by atoms with van der Waals surface area (Å²) in [7, 11) is -3.66. The van der Waals surface area contributed by atoms with Crippen LogP contribution in [-0.2, 0) is 10.0 Å². The summed E-state index contributed by atoms with van der Waals surface area (Å²) in [4.78, 5) is 0.0552. The largest absolute Gasteiger partial charge is 0.329 e. The van der Waals surface area contributed by atoms with Gasteiger partial charge in [0.05, 0.1) is 10.0 Å². The lowest BCUT2D eigenvalue weighted by atomic mass is 9.94. The van der Waals surface area contributed by atoms with Gasteiger partial charge in [-0.3, -0.25) is 0 Å². The minimum atomic E-state index is -3.66. The van der Waals surface area contributed by atoms with Gasteiger partial charge in [0, 0.05) is 19.1 Å². The van der Waals surface area contributed by atoms with Crippen molar-refractivity contribution in [2.75, 3.05) is 13.1 Å². The number of nitrogens with zero attached hydrogens (tertiary/aromatic N) is 1. The molecule has 1 aromatic rings. The maximum atomic E-state index is 12.8. The van der Waals surface area contributed by atoms with Gasteiger partial charge >= 0.3 is 0 Å². The Hall–Kier alpha value is -0.330. The standard InChI is InChI=1S/C13H18Cl2N2O2S/c1-9-5-6-17(10(7-9)8-16)20(18,19)12-4-2-3-11(14)13(12)15/h2-4,9-10H,5-8,16H2,1H3. The molecule has 0 aromatic heterocycles. The van der Waals surface area contributed by atoms with Crippen molar-refractivity contribution >= 4 is 33.2 Å². The third-order valence-electron chi connectivity index (χ3n) is 3.70. The molecule has 0 aliphatic carbocycles. The van der Waals surface area contributed by atoms with Crippen molar-refractivity contribution in [1.29, 1.82) is 0 Å². The van der Waals surface area contributed by atoms with Gasteiger partial charge in [0.2, 0.25) is 10.0 Å². The van der Waals surface area contributed by atoms with Gasteiger partial charge in [0.25, 0.3) is 0 Å². The molecule has 2 N–H and O–H groups in total. The Balaban J connectivity index is 2.41. The van der Waals surface area contributed by atoms with E-state index in [4.69, 9.17) is 28.9 Å². The van der Waals surface area contributed by atoms with E-state index in [2.05, 4.69) is 6.92 Å². The van der Waals surface area contributed by atoms with Crippen molar-refractivity contribution < 1.29 is 8.42 Å². The fourth-order valence-corrected chi connectivity index (χ4v) is 4.97. The van der Waals surface area contributed by atoms with Crippen molar-refractivity contribution in [2.24, 2.45) is 11.7 Å². The Labute approximate surface area is 129 Å². The second kappa shape index (κ2) is 6.20. The Bertz CT molecular complexity index is 592. The number of hydrogen-bond acceptors (Lipinski definition) is 3. The van der Waals surface area contributed by atoms with E-state index in [1.165, 1.54) is 10.4 Å². The van der Waals surface area contributed by atoms with Crippen molar-refractivity contribution in [3.05, 3.63) is 28.2 Å². The molecule has 1 fully saturated rings. The molecule has 2 atom stereocenters. The molecule has 1 heterocycles. The molecule has 0 radical (unpaired) electrons. The number of piperidine rings is 1. The lowest BCUT2D eigenvalue weighted by Gasteiger charge is -2.37. The average molecular weight is 337 g/mol. The second-order valence-electron chi connectivity index (χ2n) is 5.19. The van der Waals surface area contributed by atoms with Crippen LogP contribution in [0, 0.1) is 5.92 Å². The van der Waals surface area contributed by atoms with Gasteiger partial charge in [-0.2, -0.15) is 4.31 Å². The molecule has 0 spiro atoms. The molecule has 0 amide bonds. The molecule has 0 bridgehead atoms. The zero-order valence-corrected chi connectivity index (χ0v) is 13.5. The van der Waals surface area contributed by atoms with Gasteiger partial charge in [0.15, 0.2) is 0 Å². The summed E-state index contributed by atoms with van der Waals surface area (Å²) in [6.45, 7) is 2.88. The van der Waals surface area contributed by atoms with Crippen molar-refractivity contribution in [3.63, 3.8) is 0 Å². The van der Waals surface area contributed by atoms with Crippen LogP contribution in [0.25, 0.3) is 0 Å². The summed E-state index contributed by atoms with van der Waals surface area (Å²) < 4.78 is 27.0. The topological polar surface area (TPSA) is 63.4 Å². The summed E-state index contributed by atoms with van der Waals surface area (Å²) in [6.07, 6.45) is 1.60. The van der Waals surface area contributed by atoms with E-state index in [0.717, 1.165) is 12.8 Å². The molecule has 2 unspecified atom stereocenters. The Morgan fingerprint density at radius 2 is 2.10 bits per heavy atom. The highest BCUT2D eigenvalue weighted by Crippen LogP contribution is 2.34. The first-order valence-corrected chi connectivity index (χ1v) is 8.73. The summed E-state index contributed by atoms with van der Waals surface area (Å²) >= 11 is 12.0. The Morgan fingerprint density at radius 1 is 1.40 bits per heavy atom. The minimum Gasteiger partial charge on any atom is -0.329 e. The molecule has 1 aromatic carbocycles. The quantitative estimate of drug-likeness (QED) is 0.922. The van der Waals surface area contributed by atoms with Crippen LogP contribution in [-0.4, -0.2) is 31.9 Å². The number of benzene rings is 1. The first-order valence-electron chi connectivity index (χ1n) is 6.54. The highest BCUT2D eigenvalue weighted by Gasteiger charge is 2.36. The van der Waals surface area contributed by atoms with Crippen LogP contribution in [0.2, 0.25) is 10.0 Å². The molecule has 1 aliphatic rings. The van der Waals surface area contributed by atoms with Crippen LogP contribution in [0.4, 0.5) is 0 Å². The lowest BCUT2D eigenvalue weighted by molar-refractivity contribution is 0.211. The second-order valence-corrected chi connectivity index (χ2v) is 7.83. The molecular formula is C13H18Cl2N2O2S. The number of halogens is 2. The smallest absolute Gasteiger partial charge is 0.244 e. The molecular weight excluding hydrogens is 319 g/mol. The number of rotatable bonds is 3. The van der Waals surface area contributed by atoms with Crippen molar-refractivity contribution in [3.8, 4) is 0 Å².